The number of carbonyl (C=O) groups is 2. The van der Waals surface area contributed by atoms with Crippen molar-refractivity contribution in [3.63, 3.8) is 0 Å². The number of nitrogens with zero attached hydrogens (tertiary/aromatic N) is 2. The van der Waals surface area contributed by atoms with Gasteiger partial charge in [0.05, 0.1) is 13.1 Å². The van der Waals surface area contributed by atoms with E-state index in [4.69, 9.17) is 9.47 Å². The molecule has 1 N–H and O–H groups in total. The van der Waals surface area contributed by atoms with Gasteiger partial charge in [0.25, 0.3) is 0 Å². The molecule has 2 saturated heterocycles. The lowest BCUT2D eigenvalue weighted by Crippen LogP contribution is -2.38. The van der Waals surface area contributed by atoms with Gasteiger partial charge in [-0.25, -0.2) is 9.59 Å². The van der Waals surface area contributed by atoms with Crippen LogP contribution in [0, 0.1) is 0 Å². The van der Waals surface area contributed by atoms with E-state index in [0.29, 0.717) is 18.1 Å². The van der Waals surface area contributed by atoms with E-state index in [1.807, 2.05) is 24.3 Å². The van der Waals surface area contributed by atoms with Gasteiger partial charge in [-0.3, -0.25) is 9.11 Å². The monoisotopic (exact) mass is 409 g/mol. The van der Waals surface area contributed by atoms with Crippen molar-refractivity contribution >= 4 is 34.4 Å². The standard InChI is InChI=1S/C19H27N3O5S/c1-19(2,3)27-17(23)20-12-16-13-22(18(24)26-16)15-6-4-14(5-7-15)21-8-10-28(25)11-9-21/h4-7,16H,8-13H2,1-3H3,(H,20,23)/t16-/m0/s1. The predicted molar refractivity (Wildman–Crippen MR) is 108 cm³/mol. The third kappa shape index (κ3) is 5.37. The lowest BCUT2D eigenvalue weighted by Gasteiger charge is -2.28. The zero-order valence-corrected chi connectivity index (χ0v) is 17.3. The van der Waals surface area contributed by atoms with Crippen LogP contribution in [0.1, 0.15) is 20.8 Å². The summed E-state index contributed by atoms with van der Waals surface area (Å²) in [5, 5.41) is 2.63. The number of ether oxygens (including phenoxy) is 2. The van der Waals surface area contributed by atoms with Crippen LogP contribution in [0.15, 0.2) is 24.3 Å². The minimum absolute atomic E-state index is 0.195. The Morgan fingerprint density at radius 3 is 2.43 bits per heavy atom. The second kappa shape index (κ2) is 8.38. The van der Waals surface area contributed by atoms with Crippen molar-refractivity contribution in [2.45, 2.75) is 32.5 Å². The van der Waals surface area contributed by atoms with Crippen LogP contribution in [-0.2, 0) is 20.3 Å². The Morgan fingerprint density at radius 1 is 1.21 bits per heavy atom. The van der Waals surface area contributed by atoms with Crippen LogP contribution in [0.2, 0.25) is 0 Å². The van der Waals surface area contributed by atoms with Crippen molar-refractivity contribution in [1.82, 2.24) is 5.32 Å². The first-order valence-electron chi connectivity index (χ1n) is 9.36. The molecule has 0 spiro atoms. The average Bonchev–Trinajstić information content (AvgIpc) is 3.00. The van der Waals surface area contributed by atoms with Gasteiger partial charge in [-0.05, 0) is 45.0 Å². The molecule has 2 fully saturated rings. The van der Waals surface area contributed by atoms with Gasteiger partial charge in [-0.1, -0.05) is 0 Å². The van der Waals surface area contributed by atoms with Crippen LogP contribution in [-0.4, -0.2) is 65.8 Å². The molecule has 2 heterocycles. The Labute approximate surface area is 167 Å². The molecule has 0 aromatic heterocycles. The largest absolute Gasteiger partial charge is 0.444 e. The highest BCUT2D eigenvalue weighted by molar-refractivity contribution is 7.85. The molecule has 1 aromatic rings. The second-order valence-corrected chi connectivity index (χ2v) is 9.55. The predicted octanol–water partition coefficient (Wildman–Crippen LogP) is 2.11. The number of carbonyl (C=O) groups excluding carboxylic acids is 2. The number of anilines is 2. The number of benzene rings is 1. The van der Waals surface area contributed by atoms with Gasteiger partial charge in [0.2, 0.25) is 0 Å². The first kappa shape index (κ1) is 20.4. The minimum atomic E-state index is -0.711. The highest BCUT2D eigenvalue weighted by atomic mass is 32.2. The number of hydrogen-bond acceptors (Lipinski definition) is 6. The van der Waals surface area contributed by atoms with Crippen molar-refractivity contribution < 1.29 is 23.3 Å². The van der Waals surface area contributed by atoms with Crippen molar-refractivity contribution in [2.24, 2.45) is 0 Å². The maximum atomic E-state index is 12.2. The maximum Gasteiger partial charge on any atom is 0.414 e. The molecule has 8 nitrogen and oxygen atoms in total. The summed E-state index contributed by atoms with van der Waals surface area (Å²) >= 11 is 0. The van der Waals surface area contributed by atoms with Gasteiger partial charge in [-0.2, -0.15) is 0 Å². The molecule has 9 heteroatoms. The van der Waals surface area contributed by atoms with Crippen molar-refractivity contribution in [2.75, 3.05) is 47.5 Å². The highest BCUT2D eigenvalue weighted by Gasteiger charge is 2.33. The number of rotatable bonds is 4. The van der Waals surface area contributed by atoms with E-state index < -0.39 is 34.7 Å². The zero-order chi connectivity index (χ0) is 20.3. The second-order valence-electron chi connectivity index (χ2n) is 7.85. The average molecular weight is 410 g/mol. The Bertz CT molecular complexity index is 737. The normalized spacial score (nSPS) is 20.8. The summed E-state index contributed by atoms with van der Waals surface area (Å²) < 4.78 is 22.0. The van der Waals surface area contributed by atoms with E-state index in [9.17, 15) is 13.8 Å². The molecule has 1 atom stereocenters. The molecule has 2 aliphatic rings. The summed E-state index contributed by atoms with van der Waals surface area (Å²) in [5.74, 6) is 1.37. The first-order valence-corrected chi connectivity index (χ1v) is 10.8. The SMILES string of the molecule is CC(C)(C)OC(=O)NC[C@H]1CN(c2ccc(N3CCS(=O)CC3)cc2)C(=O)O1. The van der Waals surface area contributed by atoms with Gasteiger partial charge in [0.1, 0.15) is 11.7 Å². The van der Waals surface area contributed by atoms with Gasteiger partial charge in [-0.15, -0.1) is 0 Å². The Hall–Kier alpha value is -2.29. The molecule has 3 rings (SSSR count). The quantitative estimate of drug-likeness (QED) is 0.819. The van der Waals surface area contributed by atoms with Gasteiger partial charge >= 0.3 is 12.2 Å². The number of amides is 2. The Kier molecular flexibility index (Phi) is 6.12. The Balaban J connectivity index is 1.53. The summed E-state index contributed by atoms with van der Waals surface area (Å²) in [5.41, 5.74) is 1.22. The molecule has 1 aromatic carbocycles. The molecule has 154 valence electrons. The molecular weight excluding hydrogens is 382 g/mol. The highest BCUT2D eigenvalue weighted by Crippen LogP contribution is 2.25. The van der Waals surface area contributed by atoms with Crippen molar-refractivity contribution in [3.05, 3.63) is 24.3 Å². The van der Waals surface area contributed by atoms with Crippen molar-refractivity contribution in [1.29, 1.82) is 0 Å². The lowest BCUT2D eigenvalue weighted by atomic mass is 10.2. The third-order valence-corrected chi connectivity index (χ3v) is 5.73. The van der Waals surface area contributed by atoms with Crippen LogP contribution in [0.3, 0.4) is 0 Å². The van der Waals surface area contributed by atoms with Gasteiger partial charge in [0.15, 0.2) is 0 Å². The maximum absolute atomic E-state index is 12.2. The van der Waals surface area contributed by atoms with E-state index >= 15 is 0 Å². The fourth-order valence-electron chi connectivity index (χ4n) is 3.09. The smallest absolute Gasteiger partial charge is 0.414 e. The molecule has 0 saturated carbocycles. The summed E-state index contributed by atoms with van der Waals surface area (Å²) in [6, 6.07) is 7.68. The van der Waals surface area contributed by atoms with E-state index in [1.165, 1.54) is 0 Å². The van der Waals surface area contributed by atoms with Crippen molar-refractivity contribution in [3.8, 4) is 0 Å². The fourth-order valence-corrected chi connectivity index (χ4v) is 4.14. The summed E-state index contributed by atoms with van der Waals surface area (Å²) in [6.07, 6.45) is -1.40. The number of cyclic esters (lactones) is 1. The minimum Gasteiger partial charge on any atom is -0.444 e. The number of alkyl carbamates (subject to hydrolysis) is 1. The molecule has 2 aliphatic heterocycles. The Morgan fingerprint density at radius 2 is 1.82 bits per heavy atom. The third-order valence-electron chi connectivity index (χ3n) is 4.45. The van der Waals surface area contributed by atoms with Gasteiger partial charge < -0.3 is 19.7 Å². The fraction of sp³-hybridized carbons (Fsp3) is 0.579. The van der Waals surface area contributed by atoms with Crippen LogP contribution in [0.25, 0.3) is 0 Å². The van der Waals surface area contributed by atoms with Crippen LogP contribution < -0.4 is 15.1 Å². The molecular formula is C19H27N3O5S. The summed E-state index contributed by atoms with van der Waals surface area (Å²) in [4.78, 5) is 27.7. The van der Waals surface area contributed by atoms with Crippen LogP contribution in [0.4, 0.5) is 21.0 Å². The van der Waals surface area contributed by atoms with E-state index in [1.54, 1.807) is 25.7 Å². The van der Waals surface area contributed by atoms with Crippen LogP contribution >= 0.6 is 0 Å². The molecule has 0 radical (unpaired) electrons. The molecule has 2 amide bonds. The number of hydrogen-bond donors (Lipinski definition) is 1. The summed E-state index contributed by atoms with van der Waals surface area (Å²) in [7, 11) is -0.711. The molecule has 28 heavy (non-hydrogen) atoms. The van der Waals surface area contributed by atoms with Crippen LogP contribution in [0.5, 0.6) is 0 Å². The van der Waals surface area contributed by atoms with E-state index in [-0.39, 0.29) is 6.54 Å². The molecule has 0 aliphatic carbocycles. The molecule has 0 bridgehead atoms. The zero-order valence-electron chi connectivity index (χ0n) is 16.5. The van der Waals surface area contributed by atoms with Gasteiger partial charge in [0, 0.05) is 46.8 Å². The van der Waals surface area contributed by atoms with E-state index in [2.05, 4.69) is 10.2 Å². The topological polar surface area (TPSA) is 88.2 Å². The van der Waals surface area contributed by atoms with E-state index in [0.717, 1.165) is 24.5 Å². The first-order chi connectivity index (χ1) is 13.2. The summed E-state index contributed by atoms with van der Waals surface area (Å²) in [6.45, 7) is 7.47. The number of nitrogens with one attached hydrogen (secondary N) is 1. The lowest BCUT2D eigenvalue weighted by molar-refractivity contribution is 0.0496. The molecule has 0 unspecified atom stereocenters.